The molecule has 0 saturated carbocycles. The summed E-state index contributed by atoms with van der Waals surface area (Å²) in [4.78, 5) is 21.1. The summed E-state index contributed by atoms with van der Waals surface area (Å²) in [7, 11) is 0. The second kappa shape index (κ2) is 8.71. The number of aliphatic hydroxyl groups excluding tert-OH is 1. The average molecular weight is 347 g/mol. The maximum atomic E-state index is 10.6. The summed E-state index contributed by atoms with van der Waals surface area (Å²) in [6, 6.07) is 8.46. The van der Waals surface area contributed by atoms with Gasteiger partial charge in [-0.15, -0.1) is 9.81 Å². The fraction of sp³-hybridized carbons (Fsp3) is 0.250. The molecule has 1 atom stereocenters. The Balaban J connectivity index is 1.78. The normalized spacial score (nSPS) is 11.7. The zero-order valence-electron chi connectivity index (χ0n) is 13.1. The topological polar surface area (TPSA) is 141 Å². The standard InChI is InChI=1S/C16H17N3O6/c20-11(8-17-7-10-1-4-15(21)16(22)5-10)9-25-12-2-3-13(18-23)14(6-12)19-24/h1-6,11,17,20-22H,7-9H2. The van der Waals surface area contributed by atoms with Crippen molar-refractivity contribution in [1.82, 2.24) is 5.32 Å². The molecule has 0 radical (unpaired) electrons. The first-order chi connectivity index (χ1) is 12.0. The van der Waals surface area contributed by atoms with Gasteiger partial charge in [-0.1, -0.05) is 6.07 Å². The van der Waals surface area contributed by atoms with Crippen molar-refractivity contribution in [1.29, 1.82) is 0 Å². The van der Waals surface area contributed by atoms with Gasteiger partial charge in [-0.25, -0.2) is 0 Å². The molecule has 25 heavy (non-hydrogen) atoms. The molecule has 0 aromatic heterocycles. The van der Waals surface area contributed by atoms with Crippen LogP contribution in [0.3, 0.4) is 0 Å². The lowest BCUT2D eigenvalue weighted by molar-refractivity contribution is 0.106. The van der Waals surface area contributed by atoms with Crippen LogP contribution < -0.4 is 10.1 Å². The lowest BCUT2D eigenvalue weighted by Crippen LogP contribution is -2.31. The molecule has 0 fully saturated rings. The van der Waals surface area contributed by atoms with Crippen molar-refractivity contribution in [3.8, 4) is 17.2 Å². The van der Waals surface area contributed by atoms with Crippen LogP contribution in [-0.2, 0) is 6.54 Å². The van der Waals surface area contributed by atoms with Crippen LogP contribution in [-0.4, -0.2) is 34.6 Å². The molecule has 1 unspecified atom stereocenters. The SMILES string of the molecule is O=Nc1ccc(OCC(O)CNCc2ccc(O)c(O)c2)cc1N=O. The maximum Gasteiger partial charge on any atom is 0.157 e. The molecule has 0 amide bonds. The van der Waals surface area contributed by atoms with E-state index >= 15 is 0 Å². The third kappa shape index (κ3) is 5.23. The van der Waals surface area contributed by atoms with Gasteiger partial charge in [0.2, 0.25) is 0 Å². The molecule has 0 heterocycles. The number of hydrogen-bond donors (Lipinski definition) is 4. The summed E-state index contributed by atoms with van der Waals surface area (Å²) in [5, 5.41) is 36.8. The summed E-state index contributed by atoms with van der Waals surface area (Å²) >= 11 is 0. The van der Waals surface area contributed by atoms with Crippen molar-refractivity contribution >= 4 is 11.4 Å². The molecule has 2 aromatic rings. The predicted molar refractivity (Wildman–Crippen MR) is 90.3 cm³/mol. The highest BCUT2D eigenvalue weighted by atomic mass is 16.5. The van der Waals surface area contributed by atoms with Gasteiger partial charge in [0.15, 0.2) is 11.5 Å². The molecular formula is C16H17N3O6. The average Bonchev–Trinajstić information content (AvgIpc) is 2.62. The molecule has 2 aromatic carbocycles. The summed E-state index contributed by atoms with van der Waals surface area (Å²) in [5.41, 5.74) is 0.524. The van der Waals surface area contributed by atoms with Crippen molar-refractivity contribution in [2.45, 2.75) is 12.6 Å². The lowest BCUT2D eigenvalue weighted by Gasteiger charge is -2.14. The third-order valence-corrected chi connectivity index (χ3v) is 3.33. The Morgan fingerprint density at radius 1 is 1.00 bits per heavy atom. The fourth-order valence-electron chi connectivity index (χ4n) is 2.06. The zero-order valence-corrected chi connectivity index (χ0v) is 13.1. The van der Waals surface area contributed by atoms with Gasteiger partial charge in [-0.3, -0.25) is 0 Å². The Labute approximate surface area is 142 Å². The van der Waals surface area contributed by atoms with Crippen LogP contribution in [0.1, 0.15) is 5.56 Å². The van der Waals surface area contributed by atoms with Crippen LogP contribution in [0.5, 0.6) is 17.2 Å². The first kappa shape index (κ1) is 18.3. The number of aromatic hydroxyl groups is 2. The van der Waals surface area contributed by atoms with Crippen LogP contribution in [0.25, 0.3) is 0 Å². The number of aliphatic hydroxyl groups is 1. The van der Waals surface area contributed by atoms with E-state index in [0.29, 0.717) is 6.54 Å². The number of phenols is 2. The van der Waals surface area contributed by atoms with Crippen LogP contribution in [0.4, 0.5) is 11.4 Å². The van der Waals surface area contributed by atoms with E-state index in [1.54, 1.807) is 6.07 Å². The number of ether oxygens (including phenoxy) is 1. The highest BCUT2D eigenvalue weighted by Gasteiger charge is 2.09. The summed E-state index contributed by atoms with van der Waals surface area (Å²) in [6.07, 6.45) is -0.831. The number of rotatable bonds is 9. The maximum absolute atomic E-state index is 10.6. The Bertz CT molecular complexity index is 753. The monoisotopic (exact) mass is 347 g/mol. The number of hydrogen-bond acceptors (Lipinski definition) is 9. The molecule has 2 rings (SSSR count). The smallest absolute Gasteiger partial charge is 0.157 e. The first-order valence-electron chi connectivity index (χ1n) is 7.36. The van der Waals surface area contributed by atoms with Crippen molar-refractivity contribution in [3.05, 3.63) is 51.8 Å². The Morgan fingerprint density at radius 3 is 2.44 bits per heavy atom. The molecule has 9 heteroatoms. The van der Waals surface area contributed by atoms with E-state index in [1.807, 2.05) is 0 Å². The minimum Gasteiger partial charge on any atom is -0.504 e. The second-order valence-electron chi connectivity index (χ2n) is 5.25. The largest absolute Gasteiger partial charge is 0.504 e. The van der Waals surface area contributed by atoms with E-state index in [0.717, 1.165) is 5.56 Å². The van der Waals surface area contributed by atoms with Gasteiger partial charge in [0.05, 0.1) is 0 Å². The van der Waals surface area contributed by atoms with Gasteiger partial charge in [0, 0.05) is 19.2 Å². The molecule has 132 valence electrons. The molecule has 0 aliphatic carbocycles. The van der Waals surface area contributed by atoms with Crippen LogP contribution in [0, 0.1) is 9.81 Å². The van der Waals surface area contributed by atoms with E-state index in [-0.39, 0.29) is 41.8 Å². The van der Waals surface area contributed by atoms with Crippen LogP contribution >= 0.6 is 0 Å². The van der Waals surface area contributed by atoms with Gasteiger partial charge in [0.25, 0.3) is 0 Å². The molecule has 0 aliphatic heterocycles. The number of nitrogens with zero attached hydrogens (tertiary/aromatic N) is 2. The highest BCUT2D eigenvalue weighted by molar-refractivity contribution is 5.63. The highest BCUT2D eigenvalue weighted by Crippen LogP contribution is 2.31. The number of nitroso groups, excluding NO2 is 2. The Kier molecular flexibility index (Phi) is 6.38. The van der Waals surface area contributed by atoms with E-state index < -0.39 is 6.10 Å². The summed E-state index contributed by atoms with van der Waals surface area (Å²) < 4.78 is 5.34. The molecule has 0 aliphatic rings. The first-order valence-corrected chi connectivity index (χ1v) is 7.36. The number of benzene rings is 2. The number of nitrogens with one attached hydrogen (secondary N) is 1. The number of phenolic OH excluding ortho intramolecular Hbond substituents is 2. The van der Waals surface area contributed by atoms with Gasteiger partial charge >= 0.3 is 0 Å². The lowest BCUT2D eigenvalue weighted by atomic mass is 10.2. The molecule has 4 N–H and O–H groups in total. The minimum atomic E-state index is -0.831. The third-order valence-electron chi connectivity index (χ3n) is 3.33. The Hall–Kier alpha value is -3.04. The zero-order chi connectivity index (χ0) is 18.2. The minimum absolute atomic E-state index is 0.0417. The fourth-order valence-corrected chi connectivity index (χ4v) is 2.06. The summed E-state index contributed by atoms with van der Waals surface area (Å²) in [5.74, 6) is -0.127. The van der Waals surface area contributed by atoms with E-state index in [4.69, 9.17) is 4.74 Å². The van der Waals surface area contributed by atoms with Crippen LogP contribution in [0.15, 0.2) is 46.8 Å². The quantitative estimate of drug-likeness (QED) is 0.403. The molecular weight excluding hydrogens is 330 g/mol. The van der Waals surface area contributed by atoms with E-state index in [2.05, 4.69) is 15.7 Å². The van der Waals surface area contributed by atoms with E-state index in [1.165, 1.54) is 30.3 Å². The van der Waals surface area contributed by atoms with Gasteiger partial charge in [-0.2, -0.15) is 0 Å². The van der Waals surface area contributed by atoms with Gasteiger partial charge < -0.3 is 25.4 Å². The van der Waals surface area contributed by atoms with Gasteiger partial charge in [-0.05, 0) is 40.2 Å². The summed E-state index contributed by atoms with van der Waals surface area (Å²) in [6.45, 7) is 0.554. The van der Waals surface area contributed by atoms with Crippen LogP contribution in [0.2, 0.25) is 0 Å². The van der Waals surface area contributed by atoms with Crippen molar-refractivity contribution < 1.29 is 20.1 Å². The molecule has 0 spiro atoms. The van der Waals surface area contributed by atoms with Gasteiger partial charge in [0.1, 0.15) is 29.8 Å². The van der Waals surface area contributed by atoms with Crippen molar-refractivity contribution in [2.75, 3.05) is 13.2 Å². The van der Waals surface area contributed by atoms with Crippen molar-refractivity contribution in [3.63, 3.8) is 0 Å². The second-order valence-corrected chi connectivity index (χ2v) is 5.25. The Morgan fingerprint density at radius 2 is 1.76 bits per heavy atom. The molecule has 0 bridgehead atoms. The van der Waals surface area contributed by atoms with E-state index in [9.17, 15) is 25.1 Å². The van der Waals surface area contributed by atoms with Crippen molar-refractivity contribution in [2.24, 2.45) is 10.4 Å². The predicted octanol–water partition coefficient (Wildman–Crippen LogP) is 2.42. The molecule has 9 nitrogen and oxygen atoms in total. The molecule has 0 saturated heterocycles.